The van der Waals surface area contributed by atoms with Gasteiger partial charge in [0.15, 0.2) is 0 Å². The van der Waals surface area contributed by atoms with Crippen molar-refractivity contribution in [3.05, 3.63) is 60.2 Å². The molecule has 2 aromatic carbocycles. The maximum atomic E-state index is 13.3. The smallest absolute Gasteiger partial charge is 0.227 e. The molecule has 2 aliphatic rings. The molecule has 0 spiro atoms. The summed E-state index contributed by atoms with van der Waals surface area (Å²) in [6.07, 6.45) is 3.65. The van der Waals surface area contributed by atoms with Gasteiger partial charge in [0.1, 0.15) is 23.7 Å². The van der Waals surface area contributed by atoms with E-state index in [0.29, 0.717) is 31.2 Å². The molecule has 0 radical (unpaired) electrons. The van der Waals surface area contributed by atoms with Crippen LogP contribution in [0.25, 0.3) is 0 Å². The molecule has 0 N–H and O–H groups in total. The van der Waals surface area contributed by atoms with Gasteiger partial charge in [-0.3, -0.25) is 9.59 Å². The Labute approximate surface area is 201 Å². The second kappa shape index (κ2) is 11.4. The van der Waals surface area contributed by atoms with Crippen molar-refractivity contribution in [2.75, 3.05) is 46.5 Å². The molecule has 2 aromatic rings. The molecule has 1 atom stereocenters. The second-order valence-corrected chi connectivity index (χ2v) is 9.06. The van der Waals surface area contributed by atoms with Gasteiger partial charge in [-0.2, -0.15) is 0 Å². The Bertz CT molecular complexity index is 961. The van der Waals surface area contributed by atoms with Crippen molar-refractivity contribution < 1.29 is 23.8 Å². The number of hydrogen-bond acceptors (Lipinski definition) is 5. The van der Waals surface area contributed by atoms with Crippen LogP contribution in [0, 0.1) is 0 Å². The van der Waals surface area contributed by atoms with Crippen molar-refractivity contribution >= 4 is 11.8 Å². The summed E-state index contributed by atoms with van der Waals surface area (Å²) in [6, 6.07) is 17.1. The summed E-state index contributed by atoms with van der Waals surface area (Å²) in [4.78, 5) is 30.2. The van der Waals surface area contributed by atoms with Crippen LogP contribution in [-0.4, -0.2) is 73.7 Å². The second-order valence-electron chi connectivity index (χ2n) is 9.06. The van der Waals surface area contributed by atoms with Crippen LogP contribution in [-0.2, 0) is 20.7 Å². The largest absolute Gasteiger partial charge is 0.496 e. The van der Waals surface area contributed by atoms with E-state index in [-0.39, 0.29) is 31.3 Å². The van der Waals surface area contributed by atoms with Crippen LogP contribution in [0.5, 0.6) is 11.5 Å². The van der Waals surface area contributed by atoms with Crippen molar-refractivity contribution in [2.24, 2.45) is 0 Å². The molecule has 0 bridgehead atoms. The van der Waals surface area contributed by atoms with E-state index in [1.165, 1.54) is 0 Å². The lowest BCUT2D eigenvalue weighted by atomic mass is 9.95. The summed E-state index contributed by atoms with van der Waals surface area (Å²) >= 11 is 0. The molecule has 1 unspecified atom stereocenters. The van der Waals surface area contributed by atoms with Crippen molar-refractivity contribution in [1.82, 2.24) is 9.80 Å². The number of amides is 2. The highest BCUT2D eigenvalue weighted by Gasteiger charge is 2.42. The molecule has 182 valence electrons. The number of para-hydroxylation sites is 2. The SMILES string of the molecule is COc1ccccc1CC(=O)N1CCOC(COc2ccccc2)(CC(=O)N2CCCCC2)C1. The van der Waals surface area contributed by atoms with Crippen molar-refractivity contribution in [3.63, 3.8) is 0 Å². The highest BCUT2D eigenvalue weighted by Crippen LogP contribution is 2.27. The highest BCUT2D eigenvalue weighted by molar-refractivity contribution is 5.80. The molecule has 2 heterocycles. The Morgan fingerprint density at radius 1 is 0.912 bits per heavy atom. The number of ether oxygens (including phenoxy) is 3. The zero-order chi connectivity index (χ0) is 23.8. The summed E-state index contributed by atoms with van der Waals surface area (Å²) in [5, 5.41) is 0. The quantitative estimate of drug-likeness (QED) is 0.597. The first kappa shape index (κ1) is 24.1. The van der Waals surface area contributed by atoms with Gasteiger partial charge in [-0.05, 0) is 37.5 Å². The van der Waals surface area contributed by atoms with Crippen LogP contribution in [0.1, 0.15) is 31.2 Å². The average Bonchev–Trinajstić information content (AvgIpc) is 2.89. The van der Waals surface area contributed by atoms with E-state index in [9.17, 15) is 9.59 Å². The van der Waals surface area contributed by atoms with Crippen LogP contribution in [0.15, 0.2) is 54.6 Å². The topological polar surface area (TPSA) is 68.3 Å². The minimum Gasteiger partial charge on any atom is -0.496 e. The van der Waals surface area contributed by atoms with Gasteiger partial charge >= 0.3 is 0 Å². The average molecular weight is 467 g/mol. The number of morpholine rings is 1. The molecule has 0 aromatic heterocycles. The highest BCUT2D eigenvalue weighted by atomic mass is 16.5. The number of hydrogen-bond donors (Lipinski definition) is 0. The van der Waals surface area contributed by atoms with Crippen LogP contribution in [0.2, 0.25) is 0 Å². The van der Waals surface area contributed by atoms with Crippen LogP contribution in [0.3, 0.4) is 0 Å². The fourth-order valence-electron chi connectivity index (χ4n) is 4.69. The van der Waals surface area contributed by atoms with Crippen LogP contribution in [0.4, 0.5) is 0 Å². The molecule has 2 aliphatic heterocycles. The predicted molar refractivity (Wildman–Crippen MR) is 129 cm³/mol. The van der Waals surface area contributed by atoms with Gasteiger partial charge in [-0.15, -0.1) is 0 Å². The standard InChI is InChI=1S/C27H34N2O5/c1-32-24-13-7-6-10-22(24)18-25(30)29-16-17-34-27(20-29,21-33-23-11-4-2-5-12-23)19-26(31)28-14-8-3-9-15-28/h2,4-7,10-13H,3,8-9,14-21H2,1H3. The van der Waals surface area contributed by atoms with Gasteiger partial charge in [-0.25, -0.2) is 0 Å². The Morgan fingerprint density at radius 2 is 1.65 bits per heavy atom. The molecule has 4 rings (SSSR count). The lowest BCUT2D eigenvalue weighted by Gasteiger charge is -2.43. The summed E-state index contributed by atoms with van der Waals surface area (Å²) in [7, 11) is 1.61. The van der Waals surface area contributed by atoms with Gasteiger partial charge in [0.25, 0.3) is 0 Å². The first-order valence-corrected chi connectivity index (χ1v) is 12.1. The van der Waals surface area contributed by atoms with Gasteiger partial charge in [0, 0.05) is 25.2 Å². The summed E-state index contributed by atoms with van der Waals surface area (Å²) in [5.74, 6) is 1.47. The lowest BCUT2D eigenvalue weighted by molar-refractivity contribution is -0.166. The van der Waals surface area contributed by atoms with Crippen molar-refractivity contribution in [2.45, 2.75) is 37.7 Å². The van der Waals surface area contributed by atoms with Crippen molar-refractivity contribution in [3.8, 4) is 11.5 Å². The van der Waals surface area contributed by atoms with E-state index in [0.717, 1.165) is 37.9 Å². The zero-order valence-corrected chi connectivity index (χ0v) is 19.9. The van der Waals surface area contributed by atoms with Crippen LogP contribution >= 0.6 is 0 Å². The Morgan fingerprint density at radius 3 is 2.41 bits per heavy atom. The molecule has 2 fully saturated rings. The number of carbonyl (C=O) groups is 2. The summed E-state index contributed by atoms with van der Waals surface area (Å²) in [6.45, 7) is 2.93. The van der Waals surface area contributed by atoms with E-state index in [4.69, 9.17) is 14.2 Å². The first-order valence-electron chi connectivity index (χ1n) is 12.1. The lowest BCUT2D eigenvalue weighted by Crippen LogP contribution is -2.58. The fraction of sp³-hybridized carbons (Fsp3) is 0.481. The third-order valence-electron chi connectivity index (χ3n) is 6.56. The monoisotopic (exact) mass is 466 g/mol. The number of carbonyl (C=O) groups excluding carboxylic acids is 2. The number of benzene rings is 2. The molecule has 2 amide bonds. The maximum Gasteiger partial charge on any atom is 0.227 e. The maximum absolute atomic E-state index is 13.3. The van der Waals surface area contributed by atoms with E-state index in [2.05, 4.69) is 0 Å². The number of nitrogens with zero attached hydrogens (tertiary/aromatic N) is 2. The molecule has 34 heavy (non-hydrogen) atoms. The number of rotatable bonds is 8. The summed E-state index contributed by atoms with van der Waals surface area (Å²) in [5.41, 5.74) is -0.0454. The first-order chi connectivity index (χ1) is 16.6. The molecule has 7 nitrogen and oxygen atoms in total. The van der Waals surface area contributed by atoms with Gasteiger partial charge < -0.3 is 24.0 Å². The molecular formula is C27H34N2O5. The molecular weight excluding hydrogens is 432 g/mol. The van der Waals surface area contributed by atoms with Gasteiger partial charge in [0.2, 0.25) is 11.8 Å². The third kappa shape index (κ3) is 6.08. The van der Waals surface area contributed by atoms with Crippen LogP contribution < -0.4 is 9.47 Å². The van der Waals surface area contributed by atoms with E-state index in [1.54, 1.807) is 12.0 Å². The minimum absolute atomic E-state index is 0.0118. The van der Waals surface area contributed by atoms with Crippen molar-refractivity contribution in [1.29, 1.82) is 0 Å². The number of piperidine rings is 1. The number of methoxy groups -OCH3 is 1. The van der Waals surface area contributed by atoms with Gasteiger partial charge in [-0.1, -0.05) is 36.4 Å². The number of likely N-dealkylation sites (tertiary alicyclic amines) is 1. The molecule has 7 heteroatoms. The molecule has 0 aliphatic carbocycles. The predicted octanol–water partition coefficient (Wildman–Crippen LogP) is 3.32. The Kier molecular flexibility index (Phi) is 8.06. The van der Waals surface area contributed by atoms with E-state index >= 15 is 0 Å². The zero-order valence-electron chi connectivity index (χ0n) is 19.9. The van der Waals surface area contributed by atoms with E-state index in [1.807, 2.05) is 59.5 Å². The molecule has 2 saturated heterocycles. The minimum atomic E-state index is -0.890. The Balaban J connectivity index is 1.49. The Hall–Kier alpha value is -3.06. The fourth-order valence-corrected chi connectivity index (χ4v) is 4.69. The van der Waals surface area contributed by atoms with Gasteiger partial charge in [0.05, 0.1) is 33.1 Å². The normalized spacial score (nSPS) is 20.6. The third-order valence-corrected chi connectivity index (χ3v) is 6.56. The van der Waals surface area contributed by atoms with E-state index < -0.39 is 5.60 Å². The molecule has 0 saturated carbocycles. The summed E-state index contributed by atoms with van der Waals surface area (Å²) < 4.78 is 17.7.